The summed E-state index contributed by atoms with van der Waals surface area (Å²) in [7, 11) is 0. The van der Waals surface area contributed by atoms with Crippen LogP contribution in [0.3, 0.4) is 0 Å². The average Bonchev–Trinajstić information content (AvgIpc) is 2.99. The van der Waals surface area contributed by atoms with E-state index < -0.39 is 0 Å². The van der Waals surface area contributed by atoms with Crippen LogP contribution in [-0.2, 0) is 6.42 Å². The van der Waals surface area contributed by atoms with E-state index in [1.807, 2.05) is 18.2 Å². The molecule has 3 aromatic carbocycles. The van der Waals surface area contributed by atoms with Crippen LogP contribution in [0.4, 0.5) is 0 Å². The molecule has 0 aromatic heterocycles. The Morgan fingerprint density at radius 3 is 2.30 bits per heavy atom. The maximum absolute atomic E-state index is 9.05. The molecule has 0 unspecified atom stereocenters. The predicted octanol–water partition coefficient (Wildman–Crippen LogP) is 4.30. The van der Waals surface area contributed by atoms with Crippen molar-refractivity contribution in [2.45, 2.75) is 6.42 Å². The highest BCUT2D eigenvalue weighted by atomic mass is 16.5. The first-order chi connectivity index (χ1) is 11.4. The van der Waals surface area contributed by atoms with Gasteiger partial charge >= 0.3 is 0 Å². The molecule has 0 amide bonds. The molecule has 0 saturated heterocycles. The summed E-state index contributed by atoms with van der Waals surface area (Å²) in [6.45, 7) is 0.326. The summed E-state index contributed by atoms with van der Waals surface area (Å²) in [6, 6.07) is 23.1. The number of aliphatic hydroxyl groups is 1. The molecular formula is C21H18O2. The van der Waals surface area contributed by atoms with Crippen LogP contribution in [0.15, 0.2) is 66.7 Å². The third-order valence-electron chi connectivity index (χ3n) is 4.34. The standard InChI is InChI=1S/C21H18O2/c22-12-13-23-20-11-4-3-9-18(20)19-10-5-7-16-14-15-6-1-2-8-17(15)21(16)19/h1-11,22H,12-14H2. The number of ether oxygens (including phenoxy) is 1. The molecule has 2 nitrogen and oxygen atoms in total. The second kappa shape index (κ2) is 5.90. The van der Waals surface area contributed by atoms with Gasteiger partial charge in [0, 0.05) is 5.56 Å². The third-order valence-corrected chi connectivity index (χ3v) is 4.34. The number of rotatable bonds is 4. The summed E-state index contributed by atoms with van der Waals surface area (Å²) in [6.07, 6.45) is 0.985. The largest absolute Gasteiger partial charge is 0.491 e. The second-order valence-corrected chi connectivity index (χ2v) is 5.74. The molecule has 114 valence electrons. The van der Waals surface area contributed by atoms with Crippen LogP contribution in [0.5, 0.6) is 5.75 Å². The van der Waals surface area contributed by atoms with Gasteiger partial charge in [-0.3, -0.25) is 0 Å². The quantitative estimate of drug-likeness (QED) is 0.609. The van der Waals surface area contributed by atoms with E-state index in [-0.39, 0.29) is 6.61 Å². The van der Waals surface area contributed by atoms with E-state index >= 15 is 0 Å². The Kier molecular flexibility index (Phi) is 3.60. The van der Waals surface area contributed by atoms with Crippen molar-refractivity contribution in [2.24, 2.45) is 0 Å². The number of para-hydroxylation sites is 1. The molecule has 0 spiro atoms. The second-order valence-electron chi connectivity index (χ2n) is 5.74. The zero-order chi connectivity index (χ0) is 15.6. The molecule has 0 saturated carbocycles. The van der Waals surface area contributed by atoms with Gasteiger partial charge in [-0.2, -0.15) is 0 Å². The van der Waals surface area contributed by atoms with Gasteiger partial charge in [0.1, 0.15) is 12.4 Å². The summed E-state index contributed by atoms with van der Waals surface area (Å²) < 4.78 is 5.74. The van der Waals surface area contributed by atoms with Crippen molar-refractivity contribution in [3.8, 4) is 28.0 Å². The molecule has 0 atom stereocenters. The van der Waals surface area contributed by atoms with Gasteiger partial charge in [0.2, 0.25) is 0 Å². The zero-order valence-electron chi connectivity index (χ0n) is 12.8. The van der Waals surface area contributed by atoms with Crippen LogP contribution in [-0.4, -0.2) is 18.3 Å². The smallest absolute Gasteiger partial charge is 0.127 e. The van der Waals surface area contributed by atoms with E-state index in [4.69, 9.17) is 9.84 Å². The van der Waals surface area contributed by atoms with E-state index in [2.05, 4.69) is 48.5 Å². The molecule has 1 N–H and O–H groups in total. The minimum Gasteiger partial charge on any atom is -0.491 e. The van der Waals surface area contributed by atoms with E-state index in [1.165, 1.54) is 27.8 Å². The number of hydrogen-bond acceptors (Lipinski definition) is 2. The summed E-state index contributed by atoms with van der Waals surface area (Å²) >= 11 is 0. The lowest BCUT2D eigenvalue weighted by atomic mass is 9.94. The van der Waals surface area contributed by atoms with Crippen LogP contribution in [0.25, 0.3) is 22.3 Å². The fourth-order valence-electron chi connectivity index (χ4n) is 3.38. The highest BCUT2D eigenvalue weighted by molar-refractivity contribution is 5.91. The number of hydrogen-bond donors (Lipinski definition) is 1. The van der Waals surface area contributed by atoms with E-state index in [1.54, 1.807) is 0 Å². The molecule has 0 bridgehead atoms. The SMILES string of the molecule is OCCOc1ccccc1-c1cccc2c1-c1ccccc1C2. The lowest BCUT2D eigenvalue weighted by Crippen LogP contribution is -2.02. The third kappa shape index (κ3) is 2.41. The Morgan fingerprint density at radius 2 is 1.43 bits per heavy atom. The fourth-order valence-corrected chi connectivity index (χ4v) is 3.38. The molecule has 0 heterocycles. The van der Waals surface area contributed by atoms with Crippen molar-refractivity contribution in [1.82, 2.24) is 0 Å². The predicted molar refractivity (Wildman–Crippen MR) is 92.7 cm³/mol. The molecule has 0 radical (unpaired) electrons. The Hall–Kier alpha value is -2.58. The topological polar surface area (TPSA) is 29.5 Å². The molecule has 3 aromatic rings. The minimum absolute atomic E-state index is 0.0179. The van der Waals surface area contributed by atoms with Gasteiger partial charge in [-0.05, 0) is 40.3 Å². The first-order valence-corrected chi connectivity index (χ1v) is 7.91. The van der Waals surface area contributed by atoms with Gasteiger partial charge < -0.3 is 9.84 Å². The van der Waals surface area contributed by atoms with Gasteiger partial charge in [-0.1, -0.05) is 60.7 Å². The van der Waals surface area contributed by atoms with Gasteiger partial charge in [0.05, 0.1) is 6.61 Å². The van der Waals surface area contributed by atoms with Crippen molar-refractivity contribution in [3.63, 3.8) is 0 Å². The van der Waals surface area contributed by atoms with Gasteiger partial charge in [-0.15, -0.1) is 0 Å². The average molecular weight is 302 g/mol. The highest BCUT2D eigenvalue weighted by Crippen LogP contribution is 2.44. The Balaban J connectivity index is 1.89. The fraction of sp³-hybridized carbons (Fsp3) is 0.143. The van der Waals surface area contributed by atoms with E-state index in [0.29, 0.717) is 6.61 Å². The maximum atomic E-state index is 9.05. The number of aliphatic hydroxyl groups excluding tert-OH is 1. The lowest BCUT2D eigenvalue weighted by Gasteiger charge is -2.14. The molecule has 2 heteroatoms. The molecule has 4 rings (SSSR count). The summed E-state index contributed by atoms with van der Waals surface area (Å²) in [5.74, 6) is 0.819. The van der Waals surface area contributed by atoms with E-state index in [9.17, 15) is 0 Å². The van der Waals surface area contributed by atoms with Crippen molar-refractivity contribution in [3.05, 3.63) is 77.9 Å². The lowest BCUT2D eigenvalue weighted by molar-refractivity contribution is 0.202. The molecule has 23 heavy (non-hydrogen) atoms. The minimum atomic E-state index is 0.0179. The van der Waals surface area contributed by atoms with Crippen molar-refractivity contribution in [1.29, 1.82) is 0 Å². The summed E-state index contributed by atoms with van der Waals surface area (Å²) in [5.41, 5.74) is 7.64. The van der Waals surface area contributed by atoms with Crippen LogP contribution in [0.1, 0.15) is 11.1 Å². The van der Waals surface area contributed by atoms with Crippen LogP contribution >= 0.6 is 0 Å². The van der Waals surface area contributed by atoms with Gasteiger partial charge in [-0.25, -0.2) is 0 Å². The normalized spacial score (nSPS) is 11.9. The Bertz CT molecular complexity index is 852. The molecule has 0 aliphatic heterocycles. The maximum Gasteiger partial charge on any atom is 0.127 e. The number of benzene rings is 3. The summed E-state index contributed by atoms with van der Waals surface area (Å²) in [4.78, 5) is 0. The summed E-state index contributed by atoms with van der Waals surface area (Å²) in [5, 5.41) is 9.05. The zero-order valence-corrected chi connectivity index (χ0v) is 12.8. The molecular weight excluding hydrogens is 284 g/mol. The van der Waals surface area contributed by atoms with E-state index in [0.717, 1.165) is 17.7 Å². The van der Waals surface area contributed by atoms with Crippen LogP contribution < -0.4 is 4.74 Å². The van der Waals surface area contributed by atoms with Crippen molar-refractivity contribution < 1.29 is 9.84 Å². The van der Waals surface area contributed by atoms with Gasteiger partial charge in [0.15, 0.2) is 0 Å². The first kappa shape index (κ1) is 14.0. The molecule has 1 aliphatic carbocycles. The molecule has 1 aliphatic rings. The van der Waals surface area contributed by atoms with Gasteiger partial charge in [0.25, 0.3) is 0 Å². The highest BCUT2D eigenvalue weighted by Gasteiger charge is 2.22. The Labute approximate surface area is 136 Å². The van der Waals surface area contributed by atoms with Crippen LogP contribution in [0.2, 0.25) is 0 Å². The van der Waals surface area contributed by atoms with Crippen molar-refractivity contribution >= 4 is 0 Å². The first-order valence-electron chi connectivity index (χ1n) is 7.91. The Morgan fingerprint density at radius 1 is 0.739 bits per heavy atom. The van der Waals surface area contributed by atoms with Crippen LogP contribution in [0, 0.1) is 0 Å². The number of fused-ring (bicyclic) bond motifs is 3. The van der Waals surface area contributed by atoms with Crippen molar-refractivity contribution in [2.75, 3.05) is 13.2 Å². The monoisotopic (exact) mass is 302 g/mol. The molecule has 0 fully saturated rings.